The Kier molecular flexibility index (Phi) is 14.5. The van der Waals surface area contributed by atoms with Gasteiger partial charge in [0.25, 0.3) is 11.7 Å². The fourth-order valence-corrected chi connectivity index (χ4v) is 9.47. The lowest BCUT2D eigenvalue weighted by molar-refractivity contribution is -0.160. The summed E-state index contributed by atoms with van der Waals surface area (Å²) in [6.45, 7) is 15.4. The van der Waals surface area contributed by atoms with Crippen molar-refractivity contribution < 1.29 is 58.9 Å². The first kappa shape index (κ1) is 47.3. The van der Waals surface area contributed by atoms with E-state index in [4.69, 9.17) is 18.9 Å². The van der Waals surface area contributed by atoms with Gasteiger partial charge in [0.15, 0.2) is 5.75 Å². The van der Waals surface area contributed by atoms with Crippen LogP contribution in [0.4, 0.5) is 5.69 Å². The normalized spacial score (nSPS) is 32.4. The Morgan fingerprint density at radius 1 is 0.921 bits per heavy atom. The third kappa shape index (κ3) is 9.40. The number of allylic oxidation sites excluding steroid dienone is 2. The summed E-state index contributed by atoms with van der Waals surface area (Å²) in [5.41, 5.74) is -0.293. The zero-order valence-electron chi connectivity index (χ0n) is 37.8. The summed E-state index contributed by atoms with van der Waals surface area (Å²) >= 11 is 0. The molecule has 0 aromatic heterocycles. The van der Waals surface area contributed by atoms with E-state index in [0.29, 0.717) is 19.1 Å². The maximum atomic E-state index is 14.5. The van der Waals surface area contributed by atoms with Gasteiger partial charge < -0.3 is 49.8 Å². The van der Waals surface area contributed by atoms with Gasteiger partial charge in [0.1, 0.15) is 23.4 Å². The highest BCUT2D eigenvalue weighted by Gasteiger charge is 2.50. The van der Waals surface area contributed by atoms with Gasteiger partial charge in [-0.15, -0.1) is 0 Å². The van der Waals surface area contributed by atoms with Gasteiger partial charge in [0, 0.05) is 93.4 Å². The lowest BCUT2D eigenvalue weighted by Crippen LogP contribution is -2.47. The van der Waals surface area contributed by atoms with E-state index < -0.39 is 88.8 Å². The number of anilines is 1. The lowest BCUT2D eigenvalue weighted by atomic mass is 9.78. The molecule has 0 unspecified atom stereocenters. The molecule has 7 rings (SSSR count). The Morgan fingerprint density at radius 2 is 1.59 bits per heavy atom. The summed E-state index contributed by atoms with van der Waals surface area (Å²) < 4.78 is 23.7. The first-order valence-corrected chi connectivity index (χ1v) is 21.9. The number of Topliss-reactive ketones (excluding diaryl/α,β-unsaturated/α-hetero) is 1. The molecule has 1 aliphatic carbocycles. The number of hydrogen-bond acceptors (Lipinski definition) is 15. The number of benzene rings is 2. The van der Waals surface area contributed by atoms with Crippen LogP contribution in [0.2, 0.25) is 0 Å². The number of carbonyl (C=O) groups excluding carboxylic acids is 3. The van der Waals surface area contributed by atoms with Crippen LogP contribution in [0.1, 0.15) is 95.6 Å². The number of hydrogen-bond donors (Lipinski definition) is 6. The quantitative estimate of drug-likeness (QED) is 0.0926. The van der Waals surface area contributed by atoms with E-state index in [9.17, 15) is 39.9 Å². The Morgan fingerprint density at radius 3 is 2.22 bits per heavy atom. The van der Waals surface area contributed by atoms with Crippen LogP contribution >= 0.6 is 0 Å². The summed E-state index contributed by atoms with van der Waals surface area (Å²) in [4.78, 5) is 43.2. The molecule has 0 radical (unpaired) electrons. The molecular formula is C47H64N4O12. The van der Waals surface area contributed by atoms with E-state index in [1.807, 2.05) is 5.01 Å². The molecule has 6 N–H and O–H groups in total. The molecule has 2 aromatic rings. The van der Waals surface area contributed by atoms with Gasteiger partial charge in [-0.05, 0) is 32.8 Å². The van der Waals surface area contributed by atoms with Crippen molar-refractivity contribution in [2.24, 2.45) is 28.8 Å². The number of ketones is 1. The summed E-state index contributed by atoms with van der Waals surface area (Å²) in [5, 5.41) is 67.6. The Bertz CT molecular complexity index is 2190. The molecule has 9 atom stereocenters. The number of aliphatic hydroxyl groups is 2. The van der Waals surface area contributed by atoms with Crippen LogP contribution in [-0.2, 0) is 23.8 Å². The van der Waals surface area contributed by atoms with Crippen molar-refractivity contribution in [3.8, 4) is 23.0 Å². The monoisotopic (exact) mass is 876 g/mol. The fraction of sp³-hybridized carbons (Fsp3) is 0.574. The number of methoxy groups -OCH3 is 1. The number of phenols is 3. The zero-order valence-corrected chi connectivity index (χ0v) is 37.8. The molecule has 5 aliphatic rings. The number of aliphatic hydroxyl groups excluding tert-OH is 2. The molecule has 0 spiro atoms. The van der Waals surface area contributed by atoms with Crippen LogP contribution in [-0.4, -0.2) is 129 Å². The van der Waals surface area contributed by atoms with Crippen molar-refractivity contribution in [3.63, 3.8) is 0 Å². The molecule has 16 heteroatoms. The number of phenolic OH excluding ortho intramolecular Hbond substituents is 3. The van der Waals surface area contributed by atoms with E-state index in [-0.39, 0.29) is 44.5 Å². The molecule has 2 aromatic carbocycles. The summed E-state index contributed by atoms with van der Waals surface area (Å²) in [7, 11) is 1.44. The molecule has 5 bridgehead atoms. The molecule has 4 aliphatic heterocycles. The van der Waals surface area contributed by atoms with E-state index in [0.717, 1.165) is 13.1 Å². The van der Waals surface area contributed by atoms with E-state index >= 15 is 0 Å². The number of carbonyl (C=O) groups is 3. The van der Waals surface area contributed by atoms with Crippen LogP contribution in [0.5, 0.6) is 23.0 Å². The van der Waals surface area contributed by atoms with Gasteiger partial charge in [-0.2, -0.15) is 5.10 Å². The van der Waals surface area contributed by atoms with Gasteiger partial charge in [0.05, 0.1) is 53.0 Å². The van der Waals surface area contributed by atoms with Crippen LogP contribution in [0.15, 0.2) is 41.2 Å². The molecule has 1 saturated heterocycles. The molecule has 344 valence electrons. The Balaban J connectivity index is 1.47. The summed E-state index contributed by atoms with van der Waals surface area (Å²) in [5.74, 6) is -8.28. The number of rotatable bonds is 5. The number of nitrogens with zero attached hydrogens (tertiary/aromatic N) is 3. The highest BCUT2D eigenvalue weighted by molar-refractivity contribution is 6.23. The van der Waals surface area contributed by atoms with Gasteiger partial charge in [0.2, 0.25) is 0 Å². The molecule has 1 saturated carbocycles. The van der Waals surface area contributed by atoms with Crippen molar-refractivity contribution in [1.82, 2.24) is 9.91 Å². The average molecular weight is 877 g/mol. The number of piperazine rings is 1. The summed E-state index contributed by atoms with van der Waals surface area (Å²) in [6, 6.07) is 0.553. The zero-order chi connectivity index (χ0) is 46.1. The van der Waals surface area contributed by atoms with Crippen molar-refractivity contribution in [2.45, 2.75) is 117 Å². The second kappa shape index (κ2) is 19.3. The molecular weight excluding hydrogens is 813 g/mol. The van der Waals surface area contributed by atoms with Crippen LogP contribution in [0.25, 0.3) is 10.8 Å². The molecule has 1 amide bonds. The molecule has 2 fully saturated rings. The third-order valence-electron chi connectivity index (χ3n) is 13.5. The number of nitrogens with one attached hydrogen (secondary N) is 1. The second-order valence-corrected chi connectivity index (χ2v) is 17.8. The molecule has 16 nitrogen and oxygen atoms in total. The number of hydrazone groups is 1. The second-order valence-electron chi connectivity index (χ2n) is 17.8. The minimum absolute atomic E-state index is 0.0631. The lowest BCUT2D eigenvalue weighted by Gasteiger charge is -2.38. The van der Waals surface area contributed by atoms with Crippen molar-refractivity contribution in [2.75, 3.05) is 38.6 Å². The Labute approximate surface area is 368 Å². The third-order valence-corrected chi connectivity index (χ3v) is 13.5. The highest BCUT2D eigenvalue weighted by atomic mass is 16.7. The van der Waals surface area contributed by atoms with E-state index in [1.165, 1.54) is 85.1 Å². The standard InChI is InChI=1S/C47H64N4O12/c1-24-13-12-14-25(2)46(59)49-37-32(23-48-51-20-18-50(19-21-51)31-15-10-11-16-31)41(56)34-35(42(37)57)40(55)29(6)44-36(34)45(58)47(8,63-44)61-22-17-33(60-9)26(3)43(62-30(7)52)28(5)39(54)27(4)38(24)53/h12-14,17,22-24,26-28,31,33,38-39,43,53-57H,10-11,15-16,18-21H2,1-9H3,(H,49,59)/b13-12+,22-17+,25-14+,48-23-/t24-,26+,27+,28+,33-,38-,39+,43+,47-/m1/s1. The predicted octanol–water partition coefficient (Wildman–Crippen LogP) is 5.65. The van der Waals surface area contributed by atoms with Crippen molar-refractivity contribution in [1.29, 1.82) is 0 Å². The van der Waals surface area contributed by atoms with E-state index in [1.54, 1.807) is 39.8 Å². The first-order chi connectivity index (χ1) is 29.8. The van der Waals surface area contributed by atoms with Crippen LogP contribution in [0, 0.1) is 30.6 Å². The minimum atomic E-state index is -2.04. The largest absolute Gasteiger partial charge is 0.507 e. The number of ether oxygens (including phenoxy) is 4. The average Bonchev–Trinajstić information content (AvgIpc) is 3.89. The maximum absolute atomic E-state index is 14.5. The number of amides is 1. The maximum Gasteiger partial charge on any atom is 0.312 e. The SMILES string of the molecule is CO[C@@H]1/C=C/O[C@]2(C)Oc3c(C)c(O)c4c(O)c(c(/C=N\N5CCN(C6CCCC6)CC5)c(O)c4c3C2=O)NC(=O)/C(C)=C/C=C/[C@@H](C)[C@@H](O)[C@H](C)[C@H](O)[C@H](C)[C@@H](OC(C)=O)[C@H]1C. The molecule has 4 heterocycles. The number of aromatic hydroxyl groups is 3. The van der Waals surface area contributed by atoms with Gasteiger partial charge >= 0.3 is 11.8 Å². The predicted molar refractivity (Wildman–Crippen MR) is 237 cm³/mol. The number of fused-ring (bicyclic) bond motifs is 14. The topological polar surface area (TPSA) is 220 Å². The first-order valence-electron chi connectivity index (χ1n) is 21.9. The van der Waals surface area contributed by atoms with Crippen molar-refractivity contribution >= 4 is 40.3 Å². The van der Waals surface area contributed by atoms with Gasteiger partial charge in [-0.3, -0.25) is 24.3 Å². The smallest absolute Gasteiger partial charge is 0.312 e. The van der Waals surface area contributed by atoms with Crippen molar-refractivity contribution in [3.05, 3.63) is 52.8 Å². The van der Waals surface area contributed by atoms with Gasteiger partial charge in [-0.1, -0.05) is 58.8 Å². The molecule has 63 heavy (non-hydrogen) atoms. The number of esters is 1. The Hall–Kier alpha value is -5.16. The minimum Gasteiger partial charge on any atom is -0.507 e. The fourth-order valence-electron chi connectivity index (χ4n) is 9.47. The van der Waals surface area contributed by atoms with Crippen LogP contribution < -0.4 is 10.1 Å². The summed E-state index contributed by atoms with van der Waals surface area (Å²) in [6.07, 6.45) is 9.75. The van der Waals surface area contributed by atoms with E-state index in [2.05, 4.69) is 15.3 Å². The van der Waals surface area contributed by atoms with Crippen LogP contribution in [0.3, 0.4) is 0 Å². The van der Waals surface area contributed by atoms with Gasteiger partial charge in [-0.25, -0.2) is 0 Å². The highest BCUT2D eigenvalue weighted by Crippen LogP contribution is 2.55.